The summed E-state index contributed by atoms with van der Waals surface area (Å²) in [6.07, 6.45) is 1.69. The second kappa shape index (κ2) is 5.82. The van der Waals surface area contributed by atoms with Gasteiger partial charge in [0.1, 0.15) is 0 Å². The Labute approximate surface area is 83.7 Å². The molecule has 0 bridgehead atoms. The van der Waals surface area contributed by atoms with E-state index in [9.17, 15) is 4.79 Å². The fourth-order valence-electron chi connectivity index (χ4n) is 1.66. The van der Waals surface area contributed by atoms with Gasteiger partial charge in [-0.2, -0.15) is 0 Å². The van der Waals surface area contributed by atoms with E-state index < -0.39 is 6.09 Å². The Morgan fingerprint density at radius 3 is 2.57 bits per heavy atom. The molecule has 5 nitrogen and oxygen atoms in total. The van der Waals surface area contributed by atoms with E-state index in [4.69, 9.17) is 10.2 Å². The normalized spacial score (nSPS) is 18.5. The molecule has 3 N–H and O–H groups in total. The van der Waals surface area contributed by atoms with Gasteiger partial charge in [-0.25, -0.2) is 4.79 Å². The number of hydrogen-bond donors (Lipinski definition) is 3. The largest absolute Gasteiger partial charge is 0.465 e. The van der Waals surface area contributed by atoms with Gasteiger partial charge in [0, 0.05) is 25.7 Å². The number of likely N-dealkylation sites (tertiary alicyclic amines) is 1. The predicted octanol–water partition coefficient (Wildman–Crippen LogP) is 0.101. The Balaban J connectivity index is 2.12. The minimum atomic E-state index is -0.821. The first-order valence-corrected chi connectivity index (χ1v) is 5.06. The smallest absolute Gasteiger partial charge is 0.407 e. The first kappa shape index (κ1) is 11.3. The van der Waals surface area contributed by atoms with Crippen molar-refractivity contribution in [2.24, 2.45) is 0 Å². The van der Waals surface area contributed by atoms with Crippen molar-refractivity contribution in [3.05, 3.63) is 0 Å². The zero-order valence-corrected chi connectivity index (χ0v) is 8.28. The molecule has 14 heavy (non-hydrogen) atoms. The number of nitrogens with one attached hydrogen (secondary N) is 1. The SMILES string of the molecule is O=C(O)N1CCC(NCCCO)CC1. The highest BCUT2D eigenvalue weighted by Crippen LogP contribution is 2.09. The number of hydrogen-bond acceptors (Lipinski definition) is 3. The van der Waals surface area contributed by atoms with Gasteiger partial charge in [0.15, 0.2) is 0 Å². The molecule has 0 saturated carbocycles. The van der Waals surface area contributed by atoms with Gasteiger partial charge in [-0.05, 0) is 25.8 Å². The first-order valence-electron chi connectivity index (χ1n) is 5.06. The first-order chi connectivity index (χ1) is 6.74. The van der Waals surface area contributed by atoms with Crippen LogP contribution in [-0.2, 0) is 0 Å². The zero-order chi connectivity index (χ0) is 10.4. The molecular formula is C9H18N2O3. The van der Waals surface area contributed by atoms with E-state index in [2.05, 4.69) is 5.32 Å². The summed E-state index contributed by atoms with van der Waals surface area (Å²) in [6.45, 7) is 2.26. The number of aliphatic hydroxyl groups is 1. The van der Waals surface area contributed by atoms with Crippen LogP contribution < -0.4 is 5.32 Å². The Hall–Kier alpha value is -0.810. The summed E-state index contributed by atoms with van der Waals surface area (Å²) >= 11 is 0. The van der Waals surface area contributed by atoms with E-state index in [0.29, 0.717) is 19.1 Å². The molecule has 1 aliphatic heterocycles. The number of rotatable bonds is 4. The molecule has 82 valence electrons. The molecule has 0 aromatic rings. The molecule has 0 unspecified atom stereocenters. The van der Waals surface area contributed by atoms with Crippen molar-refractivity contribution in [1.29, 1.82) is 0 Å². The third kappa shape index (κ3) is 3.51. The van der Waals surface area contributed by atoms with E-state index in [1.165, 1.54) is 4.90 Å². The maximum absolute atomic E-state index is 10.6. The average molecular weight is 202 g/mol. The molecule has 1 saturated heterocycles. The van der Waals surface area contributed by atoms with E-state index in [1.54, 1.807) is 0 Å². The van der Waals surface area contributed by atoms with Gasteiger partial charge in [0.05, 0.1) is 0 Å². The van der Waals surface area contributed by atoms with Crippen LogP contribution in [-0.4, -0.2) is 53.5 Å². The molecule has 1 fully saturated rings. The fourth-order valence-corrected chi connectivity index (χ4v) is 1.66. The van der Waals surface area contributed by atoms with Crippen molar-refractivity contribution in [2.75, 3.05) is 26.2 Å². The molecule has 0 radical (unpaired) electrons. The number of piperidine rings is 1. The van der Waals surface area contributed by atoms with Crippen LogP contribution in [0.5, 0.6) is 0 Å². The van der Waals surface area contributed by atoms with Crippen molar-refractivity contribution in [3.63, 3.8) is 0 Å². The van der Waals surface area contributed by atoms with Gasteiger partial charge in [0.2, 0.25) is 0 Å². The highest BCUT2D eigenvalue weighted by atomic mass is 16.4. The Morgan fingerprint density at radius 1 is 1.43 bits per heavy atom. The van der Waals surface area contributed by atoms with Crippen LogP contribution in [0.15, 0.2) is 0 Å². The fraction of sp³-hybridized carbons (Fsp3) is 0.889. The third-order valence-corrected chi connectivity index (χ3v) is 2.53. The van der Waals surface area contributed by atoms with Gasteiger partial charge in [-0.3, -0.25) is 0 Å². The van der Waals surface area contributed by atoms with Crippen LogP contribution in [0.2, 0.25) is 0 Å². The summed E-state index contributed by atoms with van der Waals surface area (Å²) in [7, 11) is 0. The molecule has 0 aromatic heterocycles. The van der Waals surface area contributed by atoms with Crippen LogP contribution in [0.25, 0.3) is 0 Å². The molecule has 1 rings (SSSR count). The summed E-state index contributed by atoms with van der Waals surface area (Å²) in [5.74, 6) is 0. The molecule has 0 atom stereocenters. The molecule has 0 aliphatic carbocycles. The highest BCUT2D eigenvalue weighted by Gasteiger charge is 2.21. The minimum Gasteiger partial charge on any atom is -0.465 e. The van der Waals surface area contributed by atoms with Crippen molar-refractivity contribution in [1.82, 2.24) is 10.2 Å². The van der Waals surface area contributed by atoms with Gasteiger partial charge in [-0.1, -0.05) is 0 Å². The number of amides is 1. The summed E-state index contributed by atoms with van der Waals surface area (Å²) in [4.78, 5) is 12.0. The van der Waals surface area contributed by atoms with E-state index in [-0.39, 0.29) is 6.61 Å². The van der Waals surface area contributed by atoms with E-state index in [1.807, 2.05) is 0 Å². The van der Waals surface area contributed by atoms with E-state index in [0.717, 1.165) is 25.8 Å². The van der Waals surface area contributed by atoms with Crippen molar-refractivity contribution in [3.8, 4) is 0 Å². The Bertz CT molecular complexity index is 179. The van der Waals surface area contributed by atoms with Crippen LogP contribution >= 0.6 is 0 Å². The number of nitrogens with zero attached hydrogens (tertiary/aromatic N) is 1. The maximum Gasteiger partial charge on any atom is 0.407 e. The number of aliphatic hydroxyl groups excluding tert-OH is 1. The van der Waals surface area contributed by atoms with Crippen molar-refractivity contribution >= 4 is 6.09 Å². The summed E-state index contributed by atoms with van der Waals surface area (Å²) in [5, 5.41) is 20.6. The molecule has 5 heteroatoms. The molecule has 0 spiro atoms. The Kier molecular flexibility index (Phi) is 4.69. The van der Waals surface area contributed by atoms with Gasteiger partial charge >= 0.3 is 6.09 Å². The van der Waals surface area contributed by atoms with E-state index >= 15 is 0 Å². The number of carboxylic acid groups (broad SMARTS) is 1. The second-order valence-electron chi connectivity index (χ2n) is 3.58. The average Bonchev–Trinajstić information content (AvgIpc) is 2.19. The summed E-state index contributed by atoms with van der Waals surface area (Å²) < 4.78 is 0. The van der Waals surface area contributed by atoms with Gasteiger partial charge in [0.25, 0.3) is 0 Å². The molecular weight excluding hydrogens is 184 g/mol. The lowest BCUT2D eigenvalue weighted by Gasteiger charge is -2.30. The third-order valence-electron chi connectivity index (χ3n) is 2.53. The Morgan fingerprint density at radius 2 is 2.07 bits per heavy atom. The summed E-state index contributed by atoms with van der Waals surface area (Å²) in [5.41, 5.74) is 0. The standard InChI is InChI=1S/C9H18N2O3/c12-7-1-4-10-8-2-5-11(6-3-8)9(13)14/h8,10,12H,1-7H2,(H,13,14). The minimum absolute atomic E-state index is 0.209. The van der Waals surface area contributed by atoms with Crippen molar-refractivity contribution in [2.45, 2.75) is 25.3 Å². The van der Waals surface area contributed by atoms with Crippen LogP contribution in [0.3, 0.4) is 0 Å². The van der Waals surface area contributed by atoms with Gasteiger partial charge in [-0.15, -0.1) is 0 Å². The molecule has 1 heterocycles. The van der Waals surface area contributed by atoms with Crippen molar-refractivity contribution < 1.29 is 15.0 Å². The molecule has 1 amide bonds. The lowest BCUT2D eigenvalue weighted by atomic mass is 10.1. The van der Waals surface area contributed by atoms with Crippen LogP contribution in [0, 0.1) is 0 Å². The quantitative estimate of drug-likeness (QED) is 0.565. The zero-order valence-electron chi connectivity index (χ0n) is 8.28. The lowest BCUT2D eigenvalue weighted by Crippen LogP contribution is -2.44. The van der Waals surface area contributed by atoms with Crippen LogP contribution in [0.4, 0.5) is 4.79 Å². The summed E-state index contributed by atoms with van der Waals surface area (Å²) in [6, 6.07) is 0.414. The molecule has 0 aromatic carbocycles. The maximum atomic E-state index is 10.6. The van der Waals surface area contributed by atoms with Crippen LogP contribution in [0.1, 0.15) is 19.3 Å². The highest BCUT2D eigenvalue weighted by molar-refractivity contribution is 5.65. The predicted molar refractivity (Wildman–Crippen MR) is 52.3 cm³/mol. The second-order valence-corrected chi connectivity index (χ2v) is 3.58. The lowest BCUT2D eigenvalue weighted by molar-refractivity contribution is 0.129. The van der Waals surface area contributed by atoms with Gasteiger partial charge < -0.3 is 20.4 Å². The molecule has 1 aliphatic rings. The topological polar surface area (TPSA) is 72.8 Å². The monoisotopic (exact) mass is 202 g/mol. The number of carbonyl (C=O) groups is 1.